The van der Waals surface area contributed by atoms with E-state index in [1.54, 1.807) is 36.4 Å². The number of benzene rings is 3. The topological polar surface area (TPSA) is 112 Å². The third-order valence-electron chi connectivity index (χ3n) is 5.00. The maximum absolute atomic E-state index is 12.8. The summed E-state index contributed by atoms with van der Waals surface area (Å²) in [4.78, 5) is 25.4. The maximum Gasteiger partial charge on any atom is 0.257 e. The van der Waals surface area contributed by atoms with E-state index in [9.17, 15) is 9.59 Å². The van der Waals surface area contributed by atoms with Gasteiger partial charge in [0, 0.05) is 22.4 Å². The standard InChI is InChI=1S/C25H22N4O5S/c1-32-19-13-17(14-20(33-2)21(19)34-3)23(31)26-18-11-9-15(10-12-18)22(30)27-25-29-28-24(35-25)16-7-5-4-6-8-16/h4-14H,1-3H3,(H,26,31)(H,27,29,30). The number of methoxy groups -OCH3 is 3. The molecule has 4 aromatic rings. The molecule has 0 aliphatic rings. The van der Waals surface area contributed by atoms with Gasteiger partial charge < -0.3 is 19.5 Å². The van der Waals surface area contributed by atoms with Gasteiger partial charge in [-0.2, -0.15) is 0 Å². The number of hydrogen-bond acceptors (Lipinski definition) is 8. The minimum absolute atomic E-state index is 0.326. The highest BCUT2D eigenvalue weighted by molar-refractivity contribution is 7.18. The van der Waals surface area contributed by atoms with Crippen LogP contribution in [-0.2, 0) is 0 Å². The van der Waals surface area contributed by atoms with Crippen LogP contribution in [0.2, 0.25) is 0 Å². The van der Waals surface area contributed by atoms with Crippen LogP contribution < -0.4 is 24.8 Å². The fraction of sp³-hybridized carbons (Fsp3) is 0.120. The van der Waals surface area contributed by atoms with E-state index in [0.29, 0.717) is 44.2 Å². The zero-order valence-corrected chi connectivity index (χ0v) is 20.0. The quantitative estimate of drug-likeness (QED) is 0.367. The Morgan fingerprint density at radius 1 is 0.743 bits per heavy atom. The average Bonchev–Trinajstić information content (AvgIpc) is 3.37. The first-order valence-electron chi connectivity index (χ1n) is 10.4. The minimum atomic E-state index is -0.372. The Morgan fingerprint density at radius 3 is 1.97 bits per heavy atom. The molecule has 3 aromatic carbocycles. The molecule has 0 fully saturated rings. The Bertz CT molecular complexity index is 1310. The SMILES string of the molecule is COc1cc(C(=O)Nc2ccc(C(=O)Nc3nnc(-c4ccccc4)s3)cc2)cc(OC)c1OC. The third-order valence-corrected chi connectivity index (χ3v) is 5.89. The van der Waals surface area contributed by atoms with E-state index < -0.39 is 0 Å². The number of aromatic nitrogens is 2. The van der Waals surface area contributed by atoms with E-state index in [2.05, 4.69) is 20.8 Å². The van der Waals surface area contributed by atoms with Gasteiger partial charge in [0.25, 0.3) is 11.8 Å². The first-order valence-corrected chi connectivity index (χ1v) is 11.3. The molecule has 10 heteroatoms. The van der Waals surface area contributed by atoms with Crippen LogP contribution in [0.3, 0.4) is 0 Å². The van der Waals surface area contributed by atoms with Gasteiger partial charge in [-0.15, -0.1) is 10.2 Å². The number of rotatable bonds is 8. The van der Waals surface area contributed by atoms with Gasteiger partial charge in [0.05, 0.1) is 21.3 Å². The summed E-state index contributed by atoms with van der Waals surface area (Å²) in [6.07, 6.45) is 0. The van der Waals surface area contributed by atoms with Gasteiger partial charge >= 0.3 is 0 Å². The van der Waals surface area contributed by atoms with E-state index in [1.165, 1.54) is 32.7 Å². The number of nitrogens with zero attached hydrogens (tertiary/aromatic N) is 2. The fourth-order valence-electron chi connectivity index (χ4n) is 3.26. The molecule has 35 heavy (non-hydrogen) atoms. The van der Waals surface area contributed by atoms with Gasteiger partial charge in [0.15, 0.2) is 11.5 Å². The highest BCUT2D eigenvalue weighted by Gasteiger charge is 2.17. The van der Waals surface area contributed by atoms with Crippen LogP contribution in [-0.4, -0.2) is 43.3 Å². The lowest BCUT2D eigenvalue weighted by Gasteiger charge is -2.14. The molecule has 0 radical (unpaired) electrons. The second kappa shape index (κ2) is 10.7. The molecule has 2 N–H and O–H groups in total. The molecule has 178 valence electrons. The lowest BCUT2D eigenvalue weighted by atomic mass is 10.1. The molecule has 0 bridgehead atoms. The van der Waals surface area contributed by atoms with Crippen molar-refractivity contribution in [2.75, 3.05) is 32.0 Å². The summed E-state index contributed by atoms with van der Waals surface area (Å²) in [6, 6.07) is 19.2. The minimum Gasteiger partial charge on any atom is -0.493 e. The number of carbonyl (C=O) groups is 2. The van der Waals surface area contributed by atoms with E-state index >= 15 is 0 Å². The van der Waals surface area contributed by atoms with Crippen molar-refractivity contribution < 1.29 is 23.8 Å². The fourth-order valence-corrected chi connectivity index (χ4v) is 4.00. The van der Waals surface area contributed by atoms with Gasteiger partial charge in [0.1, 0.15) is 5.01 Å². The largest absolute Gasteiger partial charge is 0.493 e. The maximum atomic E-state index is 12.8. The summed E-state index contributed by atoms with van der Waals surface area (Å²) >= 11 is 1.29. The highest BCUT2D eigenvalue weighted by Crippen LogP contribution is 2.38. The van der Waals surface area contributed by atoms with Gasteiger partial charge in [-0.05, 0) is 36.4 Å². The molecule has 0 atom stereocenters. The summed E-state index contributed by atoms with van der Waals surface area (Å²) < 4.78 is 15.9. The molecule has 0 spiro atoms. The average molecular weight is 491 g/mol. The van der Waals surface area contributed by atoms with Crippen molar-refractivity contribution in [1.82, 2.24) is 10.2 Å². The zero-order chi connectivity index (χ0) is 24.8. The predicted octanol–water partition coefficient (Wildman–Crippen LogP) is 4.74. The van der Waals surface area contributed by atoms with Crippen LogP contribution in [0.1, 0.15) is 20.7 Å². The highest BCUT2D eigenvalue weighted by atomic mass is 32.1. The first-order chi connectivity index (χ1) is 17.0. The predicted molar refractivity (Wildman–Crippen MR) is 134 cm³/mol. The number of ether oxygens (including phenoxy) is 3. The van der Waals surface area contributed by atoms with Gasteiger partial charge in [0.2, 0.25) is 10.9 Å². The molecular formula is C25H22N4O5S. The summed E-state index contributed by atoms with van der Waals surface area (Å²) in [5.74, 6) is 0.437. The molecule has 1 aromatic heterocycles. The first kappa shape index (κ1) is 23.7. The Labute approximate surface area is 205 Å². The van der Waals surface area contributed by atoms with Crippen molar-refractivity contribution in [3.8, 4) is 27.8 Å². The monoisotopic (exact) mass is 490 g/mol. The normalized spacial score (nSPS) is 10.4. The van der Waals surface area contributed by atoms with E-state index in [1.807, 2.05) is 30.3 Å². The number of amides is 2. The van der Waals surface area contributed by atoms with Crippen LogP contribution in [0, 0.1) is 0 Å². The number of nitrogens with one attached hydrogen (secondary N) is 2. The summed E-state index contributed by atoms with van der Waals surface area (Å²) in [7, 11) is 4.45. The summed E-state index contributed by atoms with van der Waals surface area (Å²) in [6.45, 7) is 0. The van der Waals surface area contributed by atoms with Crippen molar-refractivity contribution in [2.24, 2.45) is 0 Å². The second-order valence-electron chi connectivity index (χ2n) is 7.18. The van der Waals surface area contributed by atoms with Crippen LogP contribution in [0.5, 0.6) is 17.2 Å². The lowest BCUT2D eigenvalue weighted by molar-refractivity contribution is 0.101. The number of carbonyl (C=O) groups excluding carboxylic acids is 2. The Hall–Kier alpha value is -4.44. The van der Waals surface area contributed by atoms with Crippen molar-refractivity contribution in [3.05, 3.63) is 77.9 Å². The van der Waals surface area contributed by atoms with Gasteiger partial charge in [-0.3, -0.25) is 14.9 Å². The van der Waals surface area contributed by atoms with Crippen LogP contribution >= 0.6 is 11.3 Å². The van der Waals surface area contributed by atoms with Crippen molar-refractivity contribution >= 4 is 34.0 Å². The molecule has 0 saturated heterocycles. The smallest absolute Gasteiger partial charge is 0.257 e. The Morgan fingerprint density at radius 2 is 1.37 bits per heavy atom. The molecule has 0 saturated carbocycles. The molecule has 0 unspecified atom stereocenters. The molecule has 9 nitrogen and oxygen atoms in total. The van der Waals surface area contributed by atoms with Crippen LogP contribution in [0.15, 0.2) is 66.7 Å². The molecule has 0 aliphatic heterocycles. The van der Waals surface area contributed by atoms with Crippen molar-refractivity contribution in [3.63, 3.8) is 0 Å². The Kier molecular flexibility index (Phi) is 7.22. The van der Waals surface area contributed by atoms with E-state index in [0.717, 1.165) is 5.56 Å². The van der Waals surface area contributed by atoms with Crippen LogP contribution in [0.25, 0.3) is 10.6 Å². The van der Waals surface area contributed by atoms with E-state index in [4.69, 9.17) is 14.2 Å². The lowest BCUT2D eigenvalue weighted by Crippen LogP contribution is -2.14. The Balaban J connectivity index is 1.42. The zero-order valence-electron chi connectivity index (χ0n) is 19.2. The van der Waals surface area contributed by atoms with Gasteiger partial charge in [-0.25, -0.2) is 0 Å². The number of hydrogen-bond donors (Lipinski definition) is 2. The van der Waals surface area contributed by atoms with E-state index in [-0.39, 0.29) is 11.8 Å². The van der Waals surface area contributed by atoms with Gasteiger partial charge in [-0.1, -0.05) is 41.7 Å². The molecule has 0 aliphatic carbocycles. The number of anilines is 2. The second-order valence-corrected chi connectivity index (χ2v) is 8.16. The third kappa shape index (κ3) is 5.39. The van der Waals surface area contributed by atoms with Crippen LogP contribution in [0.4, 0.5) is 10.8 Å². The summed E-state index contributed by atoms with van der Waals surface area (Å²) in [5, 5.41) is 14.8. The molecule has 2 amide bonds. The van der Waals surface area contributed by atoms with Crippen molar-refractivity contribution in [2.45, 2.75) is 0 Å². The summed E-state index contributed by atoms with van der Waals surface area (Å²) in [5.41, 5.74) is 2.18. The molecular weight excluding hydrogens is 468 g/mol. The van der Waals surface area contributed by atoms with Crippen molar-refractivity contribution in [1.29, 1.82) is 0 Å². The molecule has 4 rings (SSSR count). The molecule has 1 heterocycles.